The van der Waals surface area contributed by atoms with Crippen molar-refractivity contribution < 1.29 is 40.6 Å². The van der Waals surface area contributed by atoms with Gasteiger partial charge in [0.2, 0.25) is 5.91 Å². The van der Waals surface area contributed by atoms with Gasteiger partial charge in [-0.25, -0.2) is 13.2 Å². The Labute approximate surface area is 200 Å². The predicted molar refractivity (Wildman–Crippen MR) is 120 cm³/mol. The highest BCUT2D eigenvalue weighted by Gasteiger charge is 2.46. The van der Waals surface area contributed by atoms with E-state index < -0.39 is 46.9 Å². The summed E-state index contributed by atoms with van der Waals surface area (Å²) in [4.78, 5) is 12.9. The molecule has 0 bridgehead atoms. The number of rotatable bonds is 7. The fraction of sp³-hybridized carbons (Fsp3) is 0.545. The van der Waals surface area contributed by atoms with Gasteiger partial charge in [-0.15, -0.1) is 0 Å². The van der Waals surface area contributed by atoms with Crippen LogP contribution in [0.1, 0.15) is 37.6 Å². The summed E-state index contributed by atoms with van der Waals surface area (Å²) in [5.41, 5.74) is -0.0507. The molecule has 2 aromatic rings. The molecule has 7 nitrogen and oxygen atoms in total. The van der Waals surface area contributed by atoms with Gasteiger partial charge in [0.25, 0.3) is 6.43 Å². The highest BCUT2D eigenvalue weighted by atomic mass is 32.3. The first kappa shape index (κ1) is 25.7. The van der Waals surface area contributed by atoms with Crippen LogP contribution < -0.4 is 10.1 Å². The van der Waals surface area contributed by atoms with Crippen LogP contribution in [0.3, 0.4) is 0 Å². The third-order valence-electron chi connectivity index (χ3n) is 6.36. The number of carbonyl (C=O) groups excluding carboxylic acids is 1. The Morgan fingerprint density at radius 1 is 1.29 bits per heavy atom. The zero-order valence-electron chi connectivity index (χ0n) is 19.0. The summed E-state index contributed by atoms with van der Waals surface area (Å²) in [7, 11) is -2.69. The minimum absolute atomic E-state index is 0.0449. The Morgan fingerprint density at radius 2 is 1.97 bits per heavy atom. The number of amides is 1. The van der Waals surface area contributed by atoms with Crippen molar-refractivity contribution in [2.45, 2.75) is 57.7 Å². The first-order valence-corrected chi connectivity index (χ1v) is 12.9. The molecule has 13 heteroatoms. The van der Waals surface area contributed by atoms with E-state index in [1.165, 1.54) is 6.92 Å². The number of carbonyl (C=O) groups is 1. The molecule has 1 aromatic heterocycles. The second-order valence-corrected chi connectivity index (χ2v) is 11.6. The van der Waals surface area contributed by atoms with E-state index in [4.69, 9.17) is 0 Å². The quantitative estimate of drug-likeness (QED) is 0.451. The fourth-order valence-corrected chi connectivity index (χ4v) is 6.93. The Bertz CT molecular complexity index is 1120. The molecule has 2 unspecified atom stereocenters. The molecule has 0 spiro atoms. The average molecular weight is 524 g/mol. The molecule has 35 heavy (non-hydrogen) atoms. The summed E-state index contributed by atoms with van der Waals surface area (Å²) in [6.45, 7) is -0.174. The number of ether oxygens (including phenoxy) is 1. The maximum absolute atomic E-state index is 14.7. The van der Waals surface area contributed by atoms with E-state index >= 15 is 0 Å². The molecular weight excluding hydrogens is 497 g/mol. The van der Waals surface area contributed by atoms with E-state index in [9.17, 15) is 35.9 Å². The minimum Gasteiger partial charge on any atom is -0.435 e. The number of halogens is 5. The van der Waals surface area contributed by atoms with E-state index in [0.29, 0.717) is 17.7 Å². The molecule has 1 amide bonds. The third-order valence-corrected chi connectivity index (χ3v) is 8.56. The standard InChI is InChI=1S/C22H26F5N3O4S/c1-11(19(24)25)30-17-7-12(20(31)28-22(2)9-35(32,33)10-22)3-5-14(17)18(29-30)15-8-13(34-21(26)27)4-6-16(15)23/h4,6,8,11-12,19,21,32-33H,3,5,7,9-10H2,1-2H3,(H,28,31). The van der Waals surface area contributed by atoms with Gasteiger partial charge in [0.1, 0.15) is 17.6 Å². The van der Waals surface area contributed by atoms with Crippen molar-refractivity contribution in [2.24, 2.45) is 5.92 Å². The van der Waals surface area contributed by atoms with Crippen molar-refractivity contribution in [3.05, 3.63) is 35.3 Å². The summed E-state index contributed by atoms with van der Waals surface area (Å²) >= 11 is 0. The highest BCUT2D eigenvalue weighted by molar-refractivity contribution is 8.25. The van der Waals surface area contributed by atoms with Gasteiger partial charge in [-0.05, 0) is 44.9 Å². The molecule has 1 aliphatic heterocycles. The smallest absolute Gasteiger partial charge is 0.387 e. The molecule has 1 saturated heterocycles. The van der Waals surface area contributed by atoms with E-state index in [-0.39, 0.29) is 47.3 Å². The topological polar surface area (TPSA) is 96.6 Å². The van der Waals surface area contributed by atoms with Gasteiger partial charge in [-0.3, -0.25) is 18.6 Å². The fourth-order valence-electron chi connectivity index (χ4n) is 4.83. The van der Waals surface area contributed by atoms with Crippen molar-refractivity contribution in [1.82, 2.24) is 15.1 Å². The molecule has 1 fully saturated rings. The molecule has 0 saturated carbocycles. The van der Waals surface area contributed by atoms with Crippen LogP contribution in [0.2, 0.25) is 0 Å². The third kappa shape index (κ3) is 5.26. The summed E-state index contributed by atoms with van der Waals surface area (Å²) in [6, 6.07) is 1.65. The average Bonchev–Trinajstić information content (AvgIpc) is 3.11. The maximum Gasteiger partial charge on any atom is 0.387 e. The van der Waals surface area contributed by atoms with Crippen molar-refractivity contribution in [3.8, 4) is 17.0 Å². The van der Waals surface area contributed by atoms with Crippen LogP contribution in [-0.4, -0.2) is 54.9 Å². The number of alkyl halides is 4. The van der Waals surface area contributed by atoms with E-state index in [1.807, 2.05) is 0 Å². The Hall–Kier alpha value is -2.38. The van der Waals surface area contributed by atoms with Crippen molar-refractivity contribution in [2.75, 3.05) is 11.5 Å². The van der Waals surface area contributed by atoms with Crippen LogP contribution >= 0.6 is 10.6 Å². The van der Waals surface area contributed by atoms with Crippen LogP contribution in [-0.2, 0) is 17.6 Å². The van der Waals surface area contributed by atoms with Gasteiger partial charge in [-0.1, -0.05) is 0 Å². The van der Waals surface area contributed by atoms with Crippen LogP contribution in [0.15, 0.2) is 18.2 Å². The number of hydrogen-bond donors (Lipinski definition) is 3. The van der Waals surface area contributed by atoms with Crippen LogP contribution in [0.25, 0.3) is 11.3 Å². The Morgan fingerprint density at radius 3 is 2.57 bits per heavy atom. The first-order valence-electron chi connectivity index (χ1n) is 11.0. The molecular formula is C22H26F5N3O4S. The lowest BCUT2D eigenvalue weighted by molar-refractivity contribution is -0.126. The number of benzene rings is 1. The first-order chi connectivity index (χ1) is 16.3. The monoisotopic (exact) mass is 523 g/mol. The van der Waals surface area contributed by atoms with Gasteiger partial charge < -0.3 is 10.1 Å². The second-order valence-electron chi connectivity index (χ2n) is 9.39. The molecule has 2 atom stereocenters. The number of aromatic nitrogens is 2. The van der Waals surface area contributed by atoms with Crippen molar-refractivity contribution >= 4 is 16.5 Å². The minimum atomic E-state index is -3.13. The number of nitrogens with one attached hydrogen (secondary N) is 1. The Kier molecular flexibility index (Phi) is 6.79. The molecule has 1 aromatic carbocycles. The SMILES string of the molecule is CC(C(F)F)n1nc(-c2cc(OC(F)F)ccc2F)c2c1CC(C(=O)NC1(C)CS(O)(O)C1)CC2. The number of hydrogen-bond acceptors (Lipinski definition) is 5. The molecule has 4 rings (SSSR count). The van der Waals surface area contributed by atoms with E-state index in [2.05, 4.69) is 15.2 Å². The molecule has 3 N–H and O–H groups in total. The van der Waals surface area contributed by atoms with Crippen LogP contribution in [0.4, 0.5) is 22.0 Å². The van der Waals surface area contributed by atoms with Gasteiger partial charge in [0.15, 0.2) is 0 Å². The normalized spacial score (nSPS) is 22.3. The predicted octanol–water partition coefficient (Wildman–Crippen LogP) is 4.86. The zero-order valence-corrected chi connectivity index (χ0v) is 19.8. The second kappa shape index (κ2) is 9.25. The number of nitrogens with zero attached hydrogens (tertiary/aromatic N) is 2. The molecule has 194 valence electrons. The van der Waals surface area contributed by atoms with Crippen molar-refractivity contribution in [3.63, 3.8) is 0 Å². The van der Waals surface area contributed by atoms with Crippen molar-refractivity contribution in [1.29, 1.82) is 0 Å². The molecule has 1 aliphatic carbocycles. The summed E-state index contributed by atoms with van der Waals surface area (Å²) in [5, 5.41) is 7.07. The summed E-state index contributed by atoms with van der Waals surface area (Å²) < 4.78 is 92.0. The van der Waals surface area contributed by atoms with Gasteiger partial charge >= 0.3 is 6.61 Å². The van der Waals surface area contributed by atoms with Gasteiger partial charge in [0, 0.05) is 29.2 Å². The summed E-state index contributed by atoms with van der Waals surface area (Å²) in [6.07, 6.45) is -2.18. The van der Waals surface area contributed by atoms with Gasteiger partial charge in [-0.2, -0.15) is 24.5 Å². The zero-order chi connectivity index (χ0) is 25.7. The van der Waals surface area contributed by atoms with Crippen LogP contribution in [0, 0.1) is 11.7 Å². The van der Waals surface area contributed by atoms with Crippen LogP contribution in [0.5, 0.6) is 5.75 Å². The molecule has 2 aliphatic rings. The van der Waals surface area contributed by atoms with E-state index in [0.717, 1.165) is 22.9 Å². The Balaban J connectivity index is 1.66. The summed E-state index contributed by atoms with van der Waals surface area (Å²) in [5.74, 6) is -1.91. The lowest BCUT2D eigenvalue weighted by Gasteiger charge is -2.54. The molecule has 2 heterocycles. The highest BCUT2D eigenvalue weighted by Crippen LogP contribution is 2.54. The maximum atomic E-state index is 14.7. The largest absolute Gasteiger partial charge is 0.435 e. The van der Waals surface area contributed by atoms with Gasteiger partial charge in [0.05, 0.1) is 22.7 Å². The lowest BCUT2D eigenvalue weighted by atomic mass is 9.84. The number of fused-ring (bicyclic) bond motifs is 1. The molecule has 0 radical (unpaired) electrons. The lowest BCUT2D eigenvalue weighted by Crippen LogP contribution is -2.62. The van der Waals surface area contributed by atoms with E-state index in [1.54, 1.807) is 6.92 Å².